The molecule has 0 aliphatic heterocycles. The second-order valence-corrected chi connectivity index (χ2v) is 7.30. The van der Waals surface area contributed by atoms with Gasteiger partial charge in [0.05, 0.1) is 5.41 Å². The van der Waals surface area contributed by atoms with Crippen LogP contribution in [0.2, 0.25) is 0 Å². The zero-order chi connectivity index (χ0) is 13.2. The van der Waals surface area contributed by atoms with Crippen LogP contribution in [0, 0.1) is 16.2 Å². The number of carbonyl (C=O) groups is 1. The lowest BCUT2D eigenvalue weighted by atomic mass is 9.66. The highest BCUT2D eigenvalue weighted by atomic mass is 16.4. The molecule has 96 valence electrons. The van der Waals surface area contributed by atoms with Crippen molar-refractivity contribution in [2.45, 2.75) is 67.7 Å². The maximum Gasteiger partial charge on any atom is 0.309 e. The summed E-state index contributed by atoms with van der Waals surface area (Å²) in [6, 6.07) is 0. The largest absolute Gasteiger partial charge is 0.481 e. The molecule has 0 aromatic carbocycles. The predicted octanol–water partition coefficient (Wildman–Crippen LogP) is 4.34. The summed E-state index contributed by atoms with van der Waals surface area (Å²) in [4.78, 5) is 11.5. The van der Waals surface area contributed by atoms with Crippen LogP contribution in [0.5, 0.6) is 0 Å². The second kappa shape index (κ2) is 4.77. The Balaban J connectivity index is 4.92. The Hall–Kier alpha value is -0.530. The van der Waals surface area contributed by atoms with E-state index in [0.29, 0.717) is 0 Å². The van der Waals surface area contributed by atoms with Gasteiger partial charge in [-0.1, -0.05) is 48.0 Å². The molecule has 0 amide bonds. The van der Waals surface area contributed by atoms with Gasteiger partial charge in [-0.3, -0.25) is 4.79 Å². The van der Waals surface area contributed by atoms with E-state index in [0.717, 1.165) is 19.3 Å². The highest BCUT2D eigenvalue weighted by molar-refractivity contribution is 5.74. The van der Waals surface area contributed by atoms with E-state index in [9.17, 15) is 9.90 Å². The highest BCUT2D eigenvalue weighted by Gasteiger charge is 2.40. The van der Waals surface area contributed by atoms with Crippen molar-refractivity contribution in [1.29, 1.82) is 0 Å². The highest BCUT2D eigenvalue weighted by Crippen LogP contribution is 2.43. The molecule has 0 aromatic heterocycles. The average molecular weight is 228 g/mol. The van der Waals surface area contributed by atoms with Crippen LogP contribution in [0.3, 0.4) is 0 Å². The normalized spacial score (nSPS) is 16.9. The molecule has 16 heavy (non-hydrogen) atoms. The van der Waals surface area contributed by atoms with Crippen LogP contribution >= 0.6 is 0 Å². The number of carboxylic acids is 1. The van der Waals surface area contributed by atoms with Gasteiger partial charge in [-0.25, -0.2) is 0 Å². The van der Waals surface area contributed by atoms with Crippen LogP contribution in [0.1, 0.15) is 67.7 Å². The summed E-state index contributed by atoms with van der Waals surface area (Å²) < 4.78 is 0. The van der Waals surface area contributed by atoms with E-state index in [1.54, 1.807) is 0 Å². The fraction of sp³-hybridized carbons (Fsp3) is 0.929. The SMILES string of the molecule is CCC(C)(C)CC(C)(CC(C)(C)C)C(=O)O. The number of carboxylic acid groups (broad SMARTS) is 1. The van der Waals surface area contributed by atoms with Gasteiger partial charge >= 0.3 is 5.97 Å². The van der Waals surface area contributed by atoms with Crippen LogP contribution in [0.4, 0.5) is 0 Å². The molecule has 0 aliphatic carbocycles. The first kappa shape index (κ1) is 15.5. The first-order valence-electron chi connectivity index (χ1n) is 6.15. The Morgan fingerprint density at radius 3 is 1.69 bits per heavy atom. The Labute approximate surface area is 100 Å². The third-order valence-electron chi connectivity index (χ3n) is 3.26. The molecule has 0 aliphatic rings. The Morgan fingerprint density at radius 2 is 1.44 bits per heavy atom. The molecular formula is C14H28O2. The van der Waals surface area contributed by atoms with E-state index in [4.69, 9.17) is 0 Å². The van der Waals surface area contributed by atoms with Gasteiger partial charge in [0.15, 0.2) is 0 Å². The average Bonchev–Trinajstić information content (AvgIpc) is 1.99. The fourth-order valence-corrected chi connectivity index (χ4v) is 2.57. The molecule has 0 spiro atoms. The van der Waals surface area contributed by atoms with Crippen molar-refractivity contribution < 1.29 is 9.90 Å². The van der Waals surface area contributed by atoms with Crippen molar-refractivity contribution >= 4 is 5.97 Å². The Bertz CT molecular complexity index is 248. The van der Waals surface area contributed by atoms with Crippen LogP contribution in [0.25, 0.3) is 0 Å². The van der Waals surface area contributed by atoms with Crippen LogP contribution in [0.15, 0.2) is 0 Å². The van der Waals surface area contributed by atoms with Crippen molar-refractivity contribution in [3.05, 3.63) is 0 Å². The van der Waals surface area contributed by atoms with Gasteiger partial charge in [0, 0.05) is 0 Å². The van der Waals surface area contributed by atoms with Crippen LogP contribution in [-0.4, -0.2) is 11.1 Å². The minimum Gasteiger partial charge on any atom is -0.481 e. The summed E-state index contributed by atoms with van der Waals surface area (Å²) in [6.45, 7) is 14.6. The smallest absolute Gasteiger partial charge is 0.309 e. The number of hydrogen-bond acceptors (Lipinski definition) is 1. The zero-order valence-electron chi connectivity index (χ0n) is 12.0. The maximum absolute atomic E-state index is 11.5. The number of aliphatic carboxylic acids is 1. The molecule has 1 N–H and O–H groups in total. The Kier molecular flexibility index (Phi) is 4.61. The van der Waals surface area contributed by atoms with E-state index in [2.05, 4.69) is 41.5 Å². The van der Waals surface area contributed by atoms with Crippen molar-refractivity contribution in [3.8, 4) is 0 Å². The summed E-state index contributed by atoms with van der Waals surface area (Å²) in [5.41, 5.74) is -0.465. The molecule has 2 nitrogen and oxygen atoms in total. The number of rotatable bonds is 5. The molecule has 0 heterocycles. The summed E-state index contributed by atoms with van der Waals surface area (Å²) in [5.74, 6) is -0.663. The number of hydrogen-bond donors (Lipinski definition) is 1. The standard InChI is InChI=1S/C14H28O2/c1-8-13(5,6)10-14(7,11(15)16)9-12(2,3)4/h8-10H2,1-7H3,(H,15,16). The fourth-order valence-electron chi connectivity index (χ4n) is 2.57. The Morgan fingerprint density at radius 1 is 1.00 bits per heavy atom. The molecule has 1 atom stereocenters. The van der Waals surface area contributed by atoms with Crippen molar-refractivity contribution in [2.75, 3.05) is 0 Å². The molecule has 0 radical (unpaired) electrons. The van der Waals surface area contributed by atoms with Crippen LogP contribution < -0.4 is 0 Å². The molecule has 0 rings (SSSR count). The summed E-state index contributed by atoms with van der Waals surface area (Å²) in [5, 5.41) is 9.45. The summed E-state index contributed by atoms with van der Waals surface area (Å²) in [6.07, 6.45) is 2.47. The molecule has 0 aromatic rings. The summed E-state index contributed by atoms with van der Waals surface area (Å²) >= 11 is 0. The van der Waals surface area contributed by atoms with E-state index in [-0.39, 0.29) is 10.8 Å². The molecular weight excluding hydrogens is 200 g/mol. The third kappa shape index (κ3) is 5.00. The van der Waals surface area contributed by atoms with Gasteiger partial charge in [0.1, 0.15) is 0 Å². The maximum atomic E-state index is 11.5. The zero-order valence-corrected chi connectivity index (χ0v) is 12.0. The van der Waals surface area contributed by atoms with E-state index in [1.807, 2.05) is 6.92 Å². The van der Waals surface area contributed by atoms with Gasteiger partial charge in [0.25, 0.3) is 0 Å². The van der Waals surface area contributed by atoms with Gasteiger partial charge in [0.2, 0.25) is 0 Å². The molecule has 2 heteroatoms. The summed E-state index contributed by atoms with van der Waals surface area (Å²) in [7, 11) is 0. The minimum absolute atomic E-state index is 0.0525. The molecule has 0 fully saturated rings. The predicted molar refractivity (Wildman–Crippen MR) is 68.5 cm³/mol. The lowest BCUT2D eigenvalue weighted by Gasteiger charge is -2.38. The lowest BCUT2D eigenvalue weighted by molar-refractivity contribution is -0.152. The van der Waals surface area contributed by atoms with Gasteiger partial charge in [-0.15, -0.1) is 0 Å². The van der Waals surface area contributed by atoms with E-state index < -0.39 is 11.4 Å². The molecule has 0 saturated carbocycles. The quantitative estimate of drug-likeness (QED) is 0.760. The first-order valence-corrected chi connectivity index (χ1v) is 6.15. The van der Waals surface area contributed by atoms with Crippen LogP contribution in [-0.2, 0) is 4.79 Å². The first-order chi connectivity index (χ1) is 6.92. The lowest BCUT2D eigenvalue weighted by Crippen LogP contribution is -2.36. The van der Waals surface area contributed by atoms with E-state index in [1.165, 1.54) is 0 Å². The van der Waals surface area contributed by atoms with Crippen molar-refractivity contribution in [2.24, 2.45) is 16.2 Å². The molecule has 1 unspecified atom stereocenters. The van der Waals surface area contributed by atoms with Crippen molar-refractivity contribution in [1.82, 2.24) is 0 Å². The van der Waals surface area contributed by atoms with Crippen molar-refractivity contribution in [3.63, 3.8) is 0 Å². The van der Waals surface area contributed by atoms with Gasteiger partial charge < -0.3 is 5.11 Å². The molecule has 0 bridgehead atoms. The van der Waals surface area contributed by atoms with Gasteiger partial charge in [-0.2, -0.15) is 0 Å². The minimum atomic E-state index is -0.663. The monoisotopic (exact) mass is 228 g/mol. The van der Waals surface area contributed by atoms with Gasteiger partial charge in [-0.05, 0) is 30.6 Å². The second-order valence-electron chi connectivity index (χ2n) is 7.30. The third-order valence-corrected chi connectivity index (χ3v) is 3.26. The topological polar surface area (TPSA) is 37.3 Å². The van der Waals surface area contributed by atoms with E-state index >= 15 is 0 Å². The molecule has 0 saturated heterocycles.